The average Bonchev–Trinajstić information content (AvgIpc) is 3.12. The molecule has 0 spiro atoms. The number of nitrogens with zero attached hydrogens (tertiary/aromatic N) is 3. The molecule has 26 heavy (non-hydrogen) atoms. The first kappa shape index (κ1) is 17.4. The van der Waals surface area contributed by atoms with Gasteiger partial charge in [0.25, 0.3) is 0 Å². The first-order valence-electron chi connectivity index (χ1n) is 8.89. The Kier molecular flexibility index (Phi) is 4.86. The van der Waals surface area contributed by atoms with Crippen molar-refractivity contribution < 1.29 is 22.8 Å². The van der Waals surface area contributed by atoms with E-state index in [1.807, 2.05) is 6.92 Å². The van der Waals surface area contributed by atoms with E-state index in [0.29, 0.717) is 38.8 Å². The lowest BCUT2D eigenvalue weighted by atomic mass is 9.96. The molecule has 0 amide bonds. The van der Waals surface area contributed by atoms with Crippen LogP contribution in [0.2, 0.25) is 0 Å². The number of anilines is 1. The monoisotopic (exact) mass is 365 g/mol. The summed E-state index contributed by atoms with van der Waals surface area (Å²) in [5, 5.41) is 3.92. The minimum atomic E-state index is -0.632. The van der Waals surface area contributed by atoms with Gasteiger partial charge in [0.2, 0.25) is 11.7 Å². The van der Waals surface area contributed by atoms with Crippen molar-refractivity contribution in [2.45, 2.75) is 31.8 Å². The van der Waals surface area contributed by atoms with Gasteiger partial charge in [0.05, 0.1) is 19.3 Å². The number of hydrogen-bond acceptors (Lipinski definition) is 6. The second kappa shape index (κ2) is 7.28. The Morgan fingerprint density at radius 2 is 1.85 bits per heavy atom. The SMILES string of the molecule is CC1CC(c2nc(-c3cc(F)c(N4CCOCC4)c(F)c3)no2)CCO1. The van der Waals surface area contributed by atoms with E-state index in [1.165, 1.54) is 12.1 Å². The lowest BCUT2D eigenvalue weighted by molar-refractivity contribution is 0.0134. The van der Waals surface area contributed by atoms with E-state index < -0.39 is 11.6 Å². The summed E-state index contributed by atoms with van der Waals surface area (Å²) in [4.78, 5) is 6.02. The summed E-state index contributed by atoms with van der Waals surface area (Å²) in [6.45, 7) is 4.47. The zero-order valence-corrected chi connectivity index (χ0v) is 14.6. The first-order chi connectivity index (χ1) is 12.6. The van der Waals surface area contributed by atoms with Crippen LogP contribution < -0.4 is 4.90 Å². The molecule has 0 N–H and O–H groups in total. The minimum Gasteiger partial charge on any atom is -0.378 e. The molecule has 8 heteroatoms. The smallest absolute Gasteiger partial charge is 0.230 e. The molecule has 3 heterocycles. The molecule has 2 unspecified atom stereocenters. The fourth-order valence-electron chi connectivity index (χ4n) is 3.52. The van der Waals surface area contributed by atoms with Gasteiger partial charge in [-0.25, -0.2) is 8.78 Å². The maximum absolute atomic E-state index is 14.6. The van der Waals surface area contributed by atoms with E-state index in [-0.39, 0.29) is 29.1 Å². The van der Waals surface area contributed by atoms with Gasteiger partial charge < -0.3 is 18.9 Å². The Labute approximate surface area is 150 Å². The van der Waals surface area contributed by atoms with Gasteiger partial charge in [0.15, 0.2) is 0 Å². The maximum Gasteiger partial charge on any atom is 0.230 e. The highest BCUT2D eigenvalue weighted by Gasteiger charge is 2.27. The Hall–Kier alpha value is -2.06. The molecule has 2 saturated heterocycles. The van der Waals surface area contributed by atoms with Crippen molar-refractivity contribution >= 4 is 5.69 Å². The zero-order valence-electron chi connectivity index (χ0n) is 14.6. The molecule has 0 radical (unpaired) electrons. The third kappa shape index (κ3) is 3.43. The van der Waals surface area contributed by atoms with E-state index in [9.17, 15) is 8.78 Å². The third-order valence-corrected chi connectivity index (χ3v) is 4.88. The van der Waals surface area contributed by atoms with Crippen molar-refractivity contribution in [3.05, 3.63) is 29.7 Å². The molecule has 4 rings (SSSR count). The summed E-state index contributed by atoms with van der Waals surface area (Å²) >= 11 is 0. The van der Waals surface area contributed by atoms with Crippen molar-refractivity contribution in [1.82, 2.24) is 10.1 Å². The third-order valence-electron chi connectivity index (χ3n) is 4.88. The standard InChI is InChI=1S/C18H21F2N3O3/c1-11-8-12(2-5-25-11)18-21-17(22-26-18)13-9-14(19)16(15(20)10-13)23-3-6-24-7-4-23/h9-12H,2-8H2,1H3. The lowest BCUT2D eigenvalue weighted by Crippen LogP contribution is -2.37. The van der Waals surface area contributed by atoms with Crippen LogP contribution >= 0.6 is 0 Å². The summed E-state index contributed by atoms with van der Waals surface area (Å²) in [6.07, 6.45) is 1.72. The average molecular weight is 365 g/mol. The number of halogens is 2. The number of morpholine rings is 1. The van der Waals surface area contributed by atoms with Gasteiger partial charge in [-0.05, 0) is 31.9 Å². The van der Waals surface area contributed by atoms with Crippen molar-refractivity contribution in [2.24, 2.45) is 0 Å². The fraction of sp³-hybridized carbons (Fsp3) is 0.556. The molecule has 1 aromatic carbocycles. The predicted octanol–water partition coefficient (Wildman–Crippen LogP) is 3.13. The van der Waals surface area contributed by atoms with E-state index in [4.69, 9.17) is 14.0 Å². The van der Waals surface area contributed by atoms with Crippen LogP contribution in [0.5, 0.6) is 0 Å². The maximum atomic E-state index is 14.6. The van der Waals surface area contributed by atoms with Gasteiger partial charge in [-0.15, -0.1) is 0 Å². The Balaban J connectivity index is 1.58. The van der Waals surface area contributed by atoms with Crippen molar-refractivity contribution in [2.75, 3.05) is 37.8 Å². The van der Waals surface area contributed by atoms with Crippen molar-refractivity contribution in [3.8, 4) is 11.4 Å². The van der Waals surface area contributed by atoms with E-state index >= 15 is 0 Å². The second-order valence-electron chi connectivity index (χ2n) is 6.75. The second-order valence-corrected chi connectivity index (χ2v) is 6.75. The van der Waals surface area contributed by atoms with Gasteiger partial charge in [-0.1, -0.05) is 5.16 Å². The highest BCUT2D eigenvalue weighted by atomic mass is 19.1. The van der Waals surface area contributed by atoms with Crippen LogP contribution in [0.4, 0.5) is 14.5 Å². The van der Waals surface area contributed by atoms with Crippen LogP contribution in [-0.4, -0.2) is 49.2 Å². The normalized spacial score (nSPS) is 24.0. The minimum absolute atomic E-state index is 0.0287. The van der Waals surface area contributed by atoms with E-state index in [1.54, 1.807) is 4.90 Å². The molecule has 0 bridgehead atoms. The fourth-order valence-corrected chi connectivity index (χ4v) is 3.52. The van der Waals surface area contributed by atoms with Crippen molar-refractivity contribution in [3.63, 3.8) is 0 Å². The molecule has 2 aliphatic heterocycles. The first-order valence-corrected chi connectivity index (χ1v) is 8.89. The van der Waals surface area contributed by atoms with E-state index in [0.717, 1.165) is 12.8 Å². The zero-order chi connectivity index (χ0) is 18.1. The Morgan fingerprint density at radius 1 is 1.12 bits per heavy atom. The van der Waals surface area contributed by atoms with Crippen LogP contribution in [0.15, 0.2) is 16.7 Å². The van der Waals surface area contributed by atoms with Crippen LogP contribution in [0.1, 0.15) is 31.6 Å². The number of benzene rings is 1. The van der Waals surface area contributed by atoms with Gasteiger partial charge >= 0.3 is 0 Å². The lowest BCUT2D eigenvalue weighted by Gasteiger charge is -2.29. The largest absolute Gasteiger partial charge is 0.378 e. The molecular weight excluding hydrogens is 344 g/mol. The summed E-state index contributed by atoms with van der Waals surface area (Å²) in [7, 11) is 0. The molecule has 140 valence electrons. The molecule has 1 aromatic heterocycles. The van der Waals surface area contributed by atoms with Crippen LogP contribution in [0, 0.1) is 11.6 Å². The topological polar surface area (TPSA) is 60.6 Å². The predicted molar refractivity (Wildman–Crippen MR) is 90.1 cm³/mol. The quantitative estimate of drug-likeness (QED) is 0.833. The number of aromatic nitrogens is 2. The Bertz CT molecular complexity index is 754. The summed E-state index contributed by atoms with van der Waals surface area (Å²) in [6, 6.07) is 2.52. The summed E-state index contributed by atoms with van der Waals surface area (Å²) < 4.78 is 45.2. The van der Waals surface area contributed by atoms with E-state index in [2.05, 4.69) is 10.1 Å². The van der Waals surface area contributed by atoms with Gasteiger partial charge in [-0.3, -0.25) is 0 Å². The van der Waals surface area contributed by atoms with Crippen molar-refractivity contribution in [1.29, 1.82) is 0 Å². The van der Waals surface area contributed by atoms with Gasteiger partial charge in [-0.2, -0.15) is 4.98 Å². The molecule has 2 fully saturated rings. The number of hydrogen-bond donors (Lipinski definition) is 0. The van der Waals surface area contributed by atoms with Gasteiger partial charge in [0, 0.05) is 31.2 Å². The van der Waals surface area contributed by atoms with Crippen LogP contribution in [-0.2, 0) is 9.47 Å². The highest BCUT2D eigenvalue weighted by molar-refractivity contribution is 5.62. The summed E-state index contributed by atoms with van der Waals surface area (Å²) in [5.74, 6) is -0.457. The van der Waals surface area contributed by atoms with Gasteiger partial charge in [0.1, 0.15) is 17.3 Å². The molecule has 0 saturated carbocycles. The number of ether oxygens (including phenoxy) is 2. The molecule has 2 atom stereocenters. The van der Waals surface area contributed by atoms with Crippen LogP contribution in [0.25, 0.3) is 11.4 Å². The summed E-state index contributed by atoms with van der Waals surface area (Å²) in [5.41, 5.74) is 0.242. The molecule has 2 aromatic rings. The molecular formula is C18H21F2N3O3. The Morgan fingerprint density at radius 3 is 2.54 bits per heavy atom. The molecule has 2 aliphatic rings. The molecule has 0 aliphatic carbocycles. The van der Waals surface area contributed by atoms with Crippen LogP contribution in [0.3, 0.4) is 0 Å². The molecule has 6 nitrogen and oxygen atoms in total. The number of rotatable bonds is 3. The highest BCUT2D eigenvalue weighted by Crippen LogP contribution is 2.32.